The van der Waals surface area contributed by atoms with Crippen molar-refractivity contribution in [1.29, 1.82) is 0 Å². The Morgan fingerprint density at radius 1 is 1.56 bits per heavy atom. The molecular weight excluding hydrogens is 256 g/mol. The van der Waals surface area contributed by atoms with Crippen LogP contribution in [0.15, 0.2) is 12.1 Å². The maximum Gasteiger partial charge on any atom is 0.323 e. The summed E-state index contributed by atoms with van der Waals surface area (Å²) >= 11 is 6.05. The maximum absolute atomic E-state index is 11.6. The third-order valence-electron chi connectivity index (χ3n) is 2.89. The van der Waals surface area contributed by atoms with Crippen LogP contribution in [-0.2, 0) is 9.59 Å². The molecule has 0 saturated carbocycles. The number of halogens is 1. The highest BCUT2D eigenvalue weighted by molar-refractivity contribution is 6.32. The van der Waals surface area contributed by atoms with Crippen LogP contribution in [0.25, 0.3) is 0 Å². The topological polar surface area (TPSA) is 69.6 Å². The summed E-state index contributed by atoms with van der Waals surface area (Å²) in [5.74, 6) is -1.06. The second-order valence-corrected chi connectivity index (χ2v) is 4.59. The number of hydrogen-bond acceptors (Lipinski definition) is 3. The van der Waals surface area contributed by atoms with Crippen LogP contribution in [0.3, 0.4) is 0 Å². The van der Waals surface area contributed by atoms with E-state index in [1.807, 2.05) is 6.92 Å². The van der Waals surface area contributed by atoms with Gasteiger partial charge in [-0.1, -0.05) is 11.6 Å². The Kier molecular flexibility index (Phi) is 3.43. The van der Waals surface area contributed by atoms with E-state index in [1.165, 1.54) is 0 Å². The van der Waals surface area contributed by atoms with Crippen molar-refractivity contribution in [2.24, 2.45) is 0 Å². The van der Waals surface area contributed by atoms with E-state index in [0.29, 0.717) is 22.9 Å². The second kappa shape index (κ2) is 4.86. The van der Waals surface area contributed by atoms with Gasteiger partial charge in [-0.3, -0.25) is 9.59 Å². The zero-order valence-corrected chi connectivity index (χ0v) is 10.6. The summed E-state index contributed by atoms with van der Waals surface area (Å²) in [6, 6.07) is 3.39. The van der Waals surface area contributed by atoms with Crippen molar-refractivity contribution in [2.75, 3.05) is 23.3 Å². The van der Waals surface area contributed by atoms with Gasteiger partial charge in [0.05, 0.1) is 11.4 Å². The fourth-order valence-corrected chi connectivity index (χ4v) is 2.22. The lowest BCUT2D eigenvalue weighted by Gasteiger charge is -2.24. The zero-order valence-electron chi connectivity index (χ0n) is 9.86. The molecule has 1 aliphatic heterocycles. The molecule has 0 atom stereocenters. The molecule has 96 valence electrons. The van der Waals surface area contributed by atoms with E-state index < -0.39 is 5.97 Å². The summed E-state index contributed by atoms with van der Waals surface area (Å²) in [4.78, 5) is 24.1. The molecular formula is C12H13ClN2O3. The summed E-state index contributed by atoms with van der Waals surface area (Å²) in [5, 5.41) is 12.2. The van der Waals surface area contributed by atoms with Crippen LogP contribution >= 0.6 is 11.6 Å². The number of nitrogens with one attached hydrogen (secondary N) is 1. The molecule has 2 rings (SSSR count). The largest absolute Gasteiger partial charge is 0.480 e. The molecule has 1 aromatic rings. The van der Waals surface area contributed by atoms with Gasteiger partial charge in [0.25, 0.3) is 0 Å². The van der Waals surface area contributed by atoms with Crippen molar-refractivity contribution >= 4 is 34.9 Å². The molecule has 0 bridgehead atoms. The van der Waals surface area contributed by atoms with Gasteiger partial charge in [-0.15, -0.1) is 0 Å². The minimum absolute atomic E-state index is 0.120. The van der Waals surface area contributed by atoms with Crippen LogP contribution in [0, 0.1) is 6.92 Å². The summed E-state index contributed by atoms with van der Waals surface area (Å²) < 4.78 is 0. The normalized spacial score (nSPS) is 14.8. The first-order valence-corrected chi connectivity index (χ1v) is 5.92. The van der Waals surface area contributed by atoms with E-state index >= 15 is 0 Å². The van der Waals surface area contributed by atoms with Gasteiger partial charge in [0.2, 0.25) is 5.91 Å². The Morgan fingerprint density at radius 3 is 2.94 bits per heavy atom. The Morgan fingerprint density at radius 2 is 2.28 bits per heavy atom. The van der Waals surface area contributed by atoms with Crippen molar-refractivity contribution < 1.29 is 14.7 Å². The molecule has 1 aromatic carbocycles. The summed E-state index contributed by atoms with van der Waals surface area (Å²) in [5.41, 5.74) is 2.08. The number of hydrogen-bond donors (Lipinski definition) is 2. The molecule has 0 aliphatic carbocycles. The third kappa shape index (κ3) is 2.41. The number of aliphatic carboxylic acids is 1. The van der Waals surface area contributed by atoms with Crippen molar-refractivity contribution in [1.82, 2.24) is 0 Å². The minimum atomic E-state index is -0.935. The molecule has 0 fully saturated rings. The Labute approximate surface area is 109 Å². The van der Waals surface area contributed by atoms with Gasteiger partial charge in [-0.2, -0.15) is 0 Å². The monoisotopic (exact) mass is 268 g/mol. The van der Waals surface area contributed by atoms with E-state index in [-0.39, 0.29) is 18.9 Å². The average Bonchev–Trinajstić information content (AvgIpc) is 2.44. The van der Waals surface area contributed by atoms with Crippen LogP contribution in [0.5, 0.6) is 0 Å². The Hall–Kier alpha value is -1.75. The fourth-order valence-electron chi connectivity index (χ4n) is 2.07. The van der Waals surface area contributed by atoms with Crippen LogP contribution in [0.1, 0.15) is 12.0 Å². The van der Waals surface area contributed by atoms with Crippen LogP contribution < -0.4 is 10.2 Å². The van der Waals surface area contributed by atoms with Crippen LogP contribution in [-0.4, -0.2) is 30.1 Å². The van der Waals surface area contributed by atoms with E-state index in [4.69, 9.17) is 16.7 Å². The molecule has 2 N–H and O–H groups in total. The fraction of sp³-hybridized carbons (Fsp3) is 0.333. The molecule has 0 saturated heterocycles. The number of benzene rings is 1. The molecule has 6 heteroatoms. The van der Waals surface area contributed by atoms with Crippen molar-refractivity contribution in [3.8, 4) is 0 Å². The standard InChI is InChI=1S/C12H13ClN2O3/c1-7-8(13)2-3-9-12(7)15(6-11(17)18)5-4-10(16)14-9/h2-3H,4-6H2,1H3,(H,14,16)(H,17,18). The molecule has 1 amide bonds. The number of fused-ring (bicyclic) bond motifs is 1. The summed E-state index contributed by atoms with van der Waals surface area (Å²) in [6.45, 7) is 2.03. The lowest BCUT2D eigenvalue weighted by molar-refractivity contribution is -0.135. The molecule has 0 aromatic heterocycles. The second-order valence-electron chi connectivity index (χ2n) is 4.18. The lowest BCUT2D eigenvalue weighted by Crippen LogP contribution is -2.31. The number of nitrogens with zero attached hydrogens (tertiary/aromatic N) is 1. The first-order valence-electron chi connectivity index (χ1n) is 5.54. The number of rotatable bonds is 2. The number of carbonyl (C=O) groups is 2. The van der Waals surface area contributed by atoms with Gasteiger partial charge < -0.3 is 15.3 Å². The zero-order chi connectivity index (χ0) is 13.3. The first kappa shape index (κ1) is 12.7. The van der Waals surface area contributed by atoms with Crippen molar-refractivity contribution in [3.05, 3.63) is 22.7 Å². The van der Waals surface area contributed by atoms with Crippen LogP contribution in [0.2, 0.25) is 5.02 Å². The van der Waals surface area contributed by atoms with E-state index in [9.17, 15) is 9.59 Å². The number of amides is 1. The van der Waals surface area contributed by atoms with E-state index in [1.54, 1.807) is 17.0 Å². The molecule has 1 aliphatic rings. The summed E-state index contributed by atoms with van der Waals surface area (Å²) in [7, 11) is 0. The quantitative estimate of drug-likeness (QED) is 0.859. The van der Waals surface area contributed by atoms with Gasteiger partial charge in [0.1, 0.15) is 6.54 Å². The first-order chi connectivity index (χ1) is 8.49. The predicted molar refractivity (Wildman–Crippen MR) is 69.3 cm³/mol. The van der Waals surface area contributed by atoms with Gasteiger partial charge >= 0.3 is 5.97 Å². The van der Waals surface area contributed by atoms with Gasteiger partial charge in [-0.25, -0.2) is 0 Å². The van der Waals surface area contributed by atoms with Gasteiger partial charge in [-0.05, 0) is 24.6 Å². The highest BCUT2D eigenvalue weighted by Gasteiger charge is 2.23. The number of anilines is 2. The maximum atomic E-state index is 11.6. The van der Waals surface area contributed by atoms with Crippen molar-refractivity contribution in [2.45, 2.75) is 13.3 Å². The molecule has 0 radical (unpaired) electrons. The number of carboxylic acid groups (broad SMARTS) is 1. The SMILES string of the molecule is Cc1c(Cl)ccc2c1N(CC(=O)O)CCC(=O)N2. The molecule has 1 heterocycles. The number of carbonyl (C=O) groups excluding carboxylic acids is 1. The molecule has 18 heavy (non-hydrogen) atoms. The molecule has 0 unspecified atom stereocenters. The Balaban J connectivity index is 2.51. The van der Waals surface area contributed by atoms with Crippen LogP contribution in [0.4, 0.5) is 11.4 Å². The Bertz CT molecular complexity index is 516. The van der Waals surface area contributed by atoms with E-state index in [2.05, 4.69) is 5.32 Å². The minimum Gasteiger partial charge on any atom is -0.480 e. The van der Waals surface area contributed by atoms with Crippen molar-refractivity contribution in [3.63, 3.8) is 0 Å². The summed E-state index contributed by atoms with van der Waals surface area (Å²) in [6.07, 6.45) is 0.263. The predicted octanol–water partition coefficient (Wildman–Crippen LogP) is 1.88. The van der Waals surface area contributed by atoms with E-state index in [0.717, 1.165) is 5.56 Å². The number of carboxylic acids is 1. The average molecular weight is 269 g/mol. The molecule has 5 nitrogen and oxygen atoms in total. The highest BCUT2D eigenvalue weighted by Crippen LogP contribution is 2.36. The third-order valence-corrected chi connectivity index (χ3v) is 3.30. The van der Waals surface area contributed by atoms with Gasteiger partial charge in [0, 0.05) is 18.0 Å². The highest BCUT2D eigenvalue weighted by atomic mass is 35.5. The lowest BCUT2D eigenvalue weighted by atomic mass is 10.1. The smallest absolute Gasteiger partial charge is 0.323 e. The van der Waals surface area contributed by atoms with Gasteiger partial charge in [0.15, 0.2) is 0 Å². The molecule has 0 spiro atoms.